The molecule has 2 unspecified atom stereocenters. The Hall–Kier alpha value is -3.16. The summed E-state index contributed by atoms with van der Waals surface area (Å²) in [5.41, 5.74) is 6.61. The van der Waals surface area contributed by atoms with Gasteiger partial charge >= 0.3 is 5.97 Å². The number of carbonyl (C=O) groups excluding carboxylic acids is 1. The monoisotopic (exact) mass is 766 g/mol. The first-order valence-corrected chi connectivity index (χ1v) is 20.6. The summed E-state index contributed by atoms with van der Waals surface area (Å²) < 4.78 is 12.4. The molecule has 3 saturated heterocycles. The van der Waals surface area contributed by atoms with Crippen molar-refractivity contribution in [3.05, 3.63) is 23.3 Å². The number of nitrogens with two attached hydrogens (primary N) is 1. The third-order valence-electron chi connectivity index (χ3n) is 13.3. The molecule has 0 aromatic heterocycles. The molecule has 1 aliphatic carbocycles. The summed E-state index contributed by atoms with van der Waals surface area (Å²) in [6, 6.07) is 3.31. The Labute approximate surface area is 324 Å². The van der Waals surface area contributed by atoms with Gasteiger partial charge in [0.15, 0.2) is 23.7 Å². The zero-order valence-electron chi connectivity index (χ0n) is 32.2. The third kappa shape index (κ3) is 9.70. The predicted octanol–water partition coefficient (Wildman–Crippen LogP) is 1.18. The van der Waals surface area contributed by atoms with Gasteiger partial charge in [-0.25, -0.2) is 4.99 Å². The van der Waals surface area contributed by atoms with E-state index >= 15 is 0 Å². The lowest BCUT2D eigenvalue weighted by atomic mass is 9.73. The number of aliphatic hydroxyl groups excluding tert-OH is 3. The summed E-state index contributed by atoms with van der Waals surface area (Å²) in [5.74, 6) is 7.65. The van der Waals surface area contributed by atoms with E-state index in [4.69, 9.17) is 20.2 Å². The van der Waals surface area contributed by atoms with E-state index in [2.05, 4.69) is 32.3 Å². The maximum absolute atomic E-state index is 12.7. The van der Waals surface area contributed by atoms with Gasteiger partial charge in [0.1, 0.15) is 12.2 Å². The fraction of sp³-hybridized carbons (Fsp3) is 0.756. The van der Waals surface area contributed by atoms with Gasteiger partial charge in [0, 0.05) is 75.6 Å². The highest BCUT2D eigenvalue weighted by Crippen LogP contribution is 2.41. The van der Waals surface area contributed by atoms with Gasteiger partial charge in [-0.05, 0) is 93.9 Å². The summed E-state index contributed by atoms with van der Waals surface area (Å²) in [6.45, 7) is 6.65. The predicted molar refractivity (Wildman–Crippen MR) is 206 cm³/mol. The summed E-state index contributed by atoms with van der Waals surface area (Å²) in [5, 5.41) is 61.5. The summed E-state index contributed by atoms with van der Waals surface area (Å²) in [6.07, 6.45) is 3.70. The van der Waals surface area contributed by atoms with Gasteiger partial charge in [0.2, 0.25) is 0 Å². The van der Waals surface area contributed by atoms with Crippen molar-refractivity contribution in [2.45, 2.75) is 114 Å². The Morgan fingerprint density at radius 2 is 2.00 bits per heavy atom. The first-order chi connectivity index (χ1) is 26.5. The Morgan fingerprint density at radius 3 is 2.80 bits per heavy atom. The van der Waals surface area contributed by atoms with E-state index in [1.165, 1.54) is 13.0 Å². The molecular weight excluding hydrogens is 704 g/mol. The number of piperidine rings is 3. The lowest BCUT2D eigenvalue weighted by Crippen LogP contribution is -2.59. The molecular formula is C41H62N6O8. The third-order valence-corrected chi connectivity index (χ3v) is 13.3. The standard InChI is InChI=1S/C41H62N6O8/c1-25(49)54-37-17-31(50)6-9-41(10-12-47-20-26-13-29(35(47)22-48)21-46(19-26)24-45-40(42)44-23-41)8-5-27-3-2-4-30-16-32(7-11-43-30)55-38-15-28(14-33(27)37)34(39(52)53)18-36(38)51/h15,18,26-27,29-33,35,37,39,43,48,50-53H,2-4,6-7,9-14,16-17,19-24H2,1H3,(H3,42,44,45)/t26-,27-,29-,30+,31+,32-,33+,35-,37-,41-/m1/s1. The fourth-order valence-electron chi connectivity index (χ4n) is 10.5. The molecule has 8 bridgehead atoms. The van der Waals surface area contributed by atoms with Crippen molar-refractivity contribution in [2.24, 2.45) is 39.8 Å². The Kier molecular flexibility index (Phi) is 12.8. The molecule has 1 aromatic rings. The molecule has 0 saturated carbocycles. The van der Waals surface area contributed by atoms with Crippen LogP contribution in [0.5, 0.6) is 11.5 Å². The number of benzene rings is 1. The van der Waals surface area contributed by atoms with Crippen molar-refractivity contribution in [1.82, 2.24) is 20.4 Å². The molecule has 3 fully saturated rings. The van der Waals surface area contributed by atoms with E-state index in [-0.39, 0.29) is 60.6 Å². The number of aliphatic hydroxyl groups is 4. The highest BCUT2D eigenvalue weighted by Gasteiger charge is 2.43. The maximum Gasteiger partial charge on any atom is 0.302 e. The number of phenols is 1. The van der Waals surface area contributed by atoms with Crippen LogP contribution in [0.2, 0.25) is 0 Å². The van der Waals surface area contributed by atoms with Crippen LogP contribution in [0.15, 0.2) is 17.1 Å². The molecule has 6 aliphatic heterocycles. The van der Waals surface area contributed by atoms with Gasteiger partial charge in [-0.15, -0.1) is 0 Å². The molecule has 12 atom stereocenters. The fourth-order valence-corrected chi connectivity index (χ4v) is 10.5. The van der Waals surface area contributed by atoms with Crippen LogP contribution in [-0.2, 0) is 16.0 Å². The lowest BCUT2D eigenvalue weighted by Gasteiger charge is -2.50. The van der Waals surface area contributed by atoms with E-state index in [9.17, 15) is 30.3 Å². The molecule has 0 radical (unpaired) electrons. The van der Waals surface area contributed by atoms with E-state index in [0.717, 1.165) is 64.8 Å². The number of esters is 1. The number of ether oxygens (including phenoxy) is 2. The number of phenolic OH excluding ortho intramolecular Hbond substituents is 1. The second-order valence-corrected chi connectivity index (χ2v) is 17.3. The molecule has 1 aromatic carbocycles. The summed E-state index contributed by atoms with van der Waals surface area (Å²) in [7, 11) is 0. The number of carbonyl (C=O) groups is 1. The molecule has 8 rings (SSSR count). The topological polar surface area (TPSA) is 206 Å². The number of aromatic hydroxyl groups is 1. The normalized spacial score (nSPS) is 38.4. The maximum atomic E-state index is 12.7. The zero-order chi connectivity index (χ0) is 38.7. The first-order valence-electron chi connectivity index (χ1n) is 20.6. The number of hydrogen-bond acceptors (Lipinski definition) is 14. The highest BCUT2D eigenvalue weighted by atomic mass is 16.5. The Morgan fingerprint density at radius 1 is 1.15 bits per heavy atom. The van der Waals surface area contributed by atoms with Crippen LogP contribution in [0, 0.1) is 40.9 Å². The van der Waals surface area contributed by atoms with Crippen LogP contribution in [0.4, 0.5) is 0 Å². The van der Waals surface area contributed by atoms with Gasteiger partial charge in [0.25, 0.3) is 0 Å². The minimum Gasteiger partial charge on any atom is -0.504 e. The smallest absolute Gasteiger partial charge is 0.302 e. The van der Waals surface area contributed by atoms with Gasteiger partial charge in [0.05, 0.1) is 24.8 Å². The number of nitrogens with zero attached hydrogens (tertiary/aromatic N) is 3. The number of aliphatic imine (C=N–C) groups is 1. The molecule has 1 spiro atoms. The van der Waals surface area contributed by atoms with Crippen LogP contribution >= 0.6 is 0 Å². The Balaban J connectivity index is 1.30. The van der Waals surface area contributed by atoms with Crippen LogP contribution in [0.1, 0.15) is 88.5 Å². The molecule has 55 heavy (non-hydrogen) atoms. The molecule has 14 heteroatoms. The minimum atomic E-state index is -1.86. The molecule has 304 valence electrons. The van der Waals surface area contributed by atoms with E-state index in [1.54, 1.807) is 6.07 Å². The minimum absolute atomic E-state index is 0.0525. The molecule has 7 aliphatic rings. The average molecular weight is 767 g/mol. The van der Waals surface area contributed by atoms with Crippen molar-refractivity contribution in [1.29, 1.82) is 0 Å². The van der Waals surface area contributed by atoms with E-state index in [1.807, 2.05) is 0 Å². The quantitative estimate of drug-likeness (QED) is 0.124. The molecule has 6 heterocycles. The molecule has 9 N–H and O–H groups in total. The number of nitrogens with one attached hydrogen (secondary N) is 2. The van der Waals surface area contributed by atoms with Gasteiger partial charge in [-0.2, -0.15) is 0 Å². The summed E-state index contributed by atoms with van der Waals surface area (Å²) in [4.78, 5) is 22.2. The van der Waals surface area contributed by atoms with Crippen molar-refractivity contribution in [3.8, 4) is 23.3 Å². The van der Waals surface area contributed by atoms with Crippen molar-refractivity contribution in [3.63, 3.8) is 0 Å². The number of hydrogen-bond donors (Lipinski definition) is 8. The van der Waals surface area contributed by atoms with Crippen molar-refractivity contribution >= 4 is 11.9 Å². The van der Waals surface area contributed by atoms with Crippen LogP contribution in [0.3, 0.4) is 0 Å². The largest absolute Gasteiger partial charge is 0.504 e. The average Bonchev–Trinajstić information content (AvgIpc) is 3.16. The first kappa shape index (κ1) is 40.1. The van der Waals surface area contributed by atoms with Crippen molar-refractivity contribution < 1.29 is 39.8 Å². The Bertz CT molecular complexity index is 1600. The SMILES string of the molecule is CC(=O)O[C@@H]1C[C@@H](O)CC[C@]2(C#C[C@H]3CCC[C@H]4C[C@@H](CCN4)Oc4cc(c(C(O)O)cc4O)C[C@@H]31)CCN1C[C@@H]3C[C@H](CN(CN=C(N)NC2)C3)[C@H]1CO. The second-order valence-electron chi connectivity index (χ2n) is 17.3. The molecule has 0 amide bonds. The van der Waals surface area contributed by atoms with Crippen LogP contribution in [-0.4, -0.2) is 130 Å². The van der Waals surface area contributed by atoms with E-state index in [0.29, 0.717) is 62.3 Å². The van der Waals surface area contributed by atoms with Crippen molar-refractivity contribution in [2.75, 3.05) is 52.5 Å². The van der Waals surface area contributed by atoms with Crippen LogP contribution < -0.4 is 21.1 Å². The zero-order valence-corrected chi connectivity index (χ0v) is 32.2. The number of fused-ring (bicyclic) bond motifs is 9. The summed E-state index contributed by atoms with van der Waals surface area (Å²) >= 11 is 0. The van der Waals surface area contributed by atoms with Crippen LogP contribution in [0.25, 0.3) is 0 Å². The lowest BCUT2D eigenvalue weighted by molar-refractivity contribution is -0.152. The highest BCUT2D eigenvalue weighted by molar-refractivity contribution is 5.77. The van der Waals surface area contributed by atoms with Gasteiger partial charge in [-0.1, -0.05) is 18.3 Å². The number of guanidine groups is 1. The van der Waals surface area contributed by atoms with E-state index < -0.39 is 35.8 Å². The number of rotatable bonds is 3. The second kappa shape index (κ2) is 17.5. The van der Waals surface area contributed by atoms with Gasteiger partial charge in [-0.3, -0.25) is 14.6 Å². The molecule has 14 nitrogen and oxygen atoms in total. The van der Waals surface area contributed by atoms with Gasteiger partial charge < -0.3 is 51.4 Å².